The zero-order valence-corrected chi connectivity index (χ0v) is 8.53. The first-order valence-corrected chi connectivity index (χ1v) is 4.59. The highest BCUT2D eigenvalue weighted by Gasteiger charge is 1.99. The van der Waals surface area contributed by atoms with Crippen LogP contribution < -0.4 is 9.64 Å². The van der Waals surface area contributed by atoms with Gasteiger partial charge in [-0.05, 0) is 31.2 Å². The number of hydrogen-bond donors (Lipinski definition) is 0. The Kier molecular flexibility index (Phi) is 3.81. The van der Waals surface area contributed by atoms with E-state index in [9.17, 15) is 0 Å². The van der Waals surface area contributed by atoms with Crippen LogP contribution >= 0.6 is 0 Å². The molecule has 14 heavy (non-hydrogen) atoms. The number of nitrogens with zero attached hydrogens (tertiary/aromatic N) is 2. The van der Waals surface area contributed by atoms with E-state index in [0.717, 1.165) is 11.4 Å². The van der Waals surface area contributed by atoms with E-state index in [0.29, 0.717) is 13.2 Å². The molecule has 0 N–H and O–H groups in total. The van der Waals surface area contributed by atoms with Crippen molar-refractivity contribution in [2.45, 2.75) is 6.92 Å². The lowest BCUT2D eigenvalue weighted by molar-refractivity contribution is 0.340. The van der Waals surface area contributed by atoms with Gasteiger partial charge in [-0.25, -0.2) is 0 Å². The quantitative estimate of drug-likeness (QED) is 0.682. The fourth-order valence-corrected chi connectivity index (χ4v) is 1.16. The van der Waals surface area contributed by atoms with E-state index in [-0.39, 0.29) is 0 Å². The molecule has 0 aliphatic carbocycles. The Morgan fingerprint density at radius 3 is 2.50 bits per heavy atom. The third-order valence-electron chi connectivity index (χ3n) is 1.90. The molecular formula is C11H14N2O. The van der Waals surface area contributed by atoms with Crippen molar-refractivity contribution in [1.82, 2.24) is 0 Å². The first-order chi connectivity index (χ1) is 6.77. The maximum atomic E-state index is 8.52. The van der Waals surface area contributed by atoms with Gasteiger partial charge in [0.15, 0.2) is 0 Å². The van der Waals surface area contributed by atoms with Crippen LogP contribution in [0.15, 0.2) is 24.3 Å². The van der Waals surface area contributed by atoms with Crippen molar-refractivity contribution in [3.63, 3.8) is 0 Å². The summed E-state index contributed by atoms with van der Waals surface area (Å²) in [5, 5.41) is 8.52. The molecule has 1 aromatic rings. The normalized spacial score (nSPS) is 9.21. The van der Waals surface area contributed by atoms with Crippen LogP contribution in [0.3, 0.4) is 0 Å². The molecule has 0 aromatic heterocycles. The van der Waals surface area contributed by atoms with Crippen molar-refractivity contribution in [3.05, 3.63) is 24.3 Å². The molecule has 1 aromatic carbocycles. The van der Waals surface area contributed by atoms with Gasteiger partial charge in [0.25, 0.3) is 0 Å². The van der Waals surface area contributed by atoms with Gasteiger partial charge in [-0.1, -0.05) is 0 Å². The summed E-state index contributed by atoms with van der Waals surface area (Å²) in [6.45, 7) is 3.02. The molecule has 0 spiro atoms. The molecule has 0 unspecified atom stereocenters. The second kappa shape index (κ2) is 5.13. The van der Waals surface area contributed by atoms with Crippen molar-refractivity contribution in [1.29, 1.82) is 5.26 Å². The zero-order chi connectivity index (χ0) is 10.4. The number of hydrogen-bond acceptors (Lipinski definition) is 3. The number of benzene rings is 1. The first-order valence-electron chi connectivity index (χ1n) is 4.59. The summed E-state index contributed by atoms with van der Waals surface area (Å²) in [6, 6.07) is 9.81. The highest BCUT2D eigenvalue weighted by Crippen LogP contribution is 2.17. The highest BCUT2D eigenvalue weighted by molar-refractivity contribution is 5.48. The van der Waals surface area contributed by atoms with E-state index in [2.05, 4.69) is 6.07 Å². The Morgan fingerprint density at radius 1 is 1.36 bits per heavy atom. The van der Waals surface area contributed by atoms with Crippen LogP contribution in [0.5, 0.6) is 5.75 Å². The third-order valence-corrected chi connectivity index (χ3v) is 1.90. The summed E-state index contributed by atoms with van der Waals surface area (Å²) < 4.78 is 5.32. The summed E-state index contributed by atoms with van der Waals surface area (Å²) in [5.74, 6) is 0.863. The summed E-state index contributed by atoms with van der Waals surface area (Å²) >= 11 is 0. The Hall–Kier alpha value is -1.69. The SMILES string of the molecule is CCOc1ccc(N(C)CC#N)cc1. The number of nitriles is 1. The lowest BCUT2D eigenvalue weighted by atomic mass is 10.3. The predicted molar refractivity (Wildman–Crippen MR) is 56.5 cm³/mol. The van der Waals surface area contributed by atoms with E-state index in [1.54, 1.807) is 0 Å². The Labute approximate surface area is 84.5 Å². The van der Waals surface area contributed by atoms with Crippen molar-refractivity contribution in [3.8, 4) is 11.8 Å². The standard InChI is InChI=1S/C11H14N2O/c1-3-14-11-6-4-10(5-7-11)13(2)9-8-12/h4-7H,3,9H2,1-2H3. The van der Waals surface area contributed by atoms with Crippen LogP contribution in [0, 0.1) is 11.3 Å². The van der Waals surface area contributed by atoms with Gasteiger partial charge in [-0.2, -0.15) is 5.26 Å². The second-order valence-electron chi connectivity index (χ2n) is 2.94. The Bertz CT molecular complexity index is 313. The van der Waals surface area contributed by atoms with Crippen LogP contribution in [0.2, 0.25) is 0 Å². The molecule has 3 nitrogen and oxygen atoms in total. The highest BCUT2D eigenvalue weighted by atomic mass is 16.5. The van der Waals surface area contributed by atoms with Crippen molar-refractivity contribution in [2.75, 3.05) is 25.1 Å². The lowest BCUT2D eigenvalue weighted by Crippen LogP contribution is -2.16. The third kappa shape index (κ3) is 2.67. The molecule has 0 fully saturated rings. The van der Waals surface area contributed by atoms with E-state index in [1.165, 1.54) is 0 Å². The van der Waals surface area contributed by atoms with E-state index >= 15 is 0 Å². The summed E-state index contributed by atoms with van der Waals surface area (Å²) in [4.78, 5) is 1.88. The number of anilines is 1. The Balaban J connectivity index is 2.68. The zero-order valence-electron chi connectivity index (χ0n) is 8.53. The molecule has 1 rings (SSSR count). The van der Waals surface area contributed by atoms with Gasteiger partial charge in [0.2, 0.25) is 0 Å². The van der Waals surface area contributed by atoms with E-state index in [4.69, 9.17) is 10.00 Å². The average molecular weight is 190 g/mol. The monoisotopic (exact) mass is 190 g/mol. The molecule has 0 heterocycles. The molecule has 0 aliphatic heterocycles. The molecular weight excluding hydrogens is 176 g/mol. The van der Waals surface area contributed by atoms with Crippen LogP contribution in [-0.4, -0.2) is 20.2 Å². The van der Waals surface area contributed by atoms with Crippen molar-refractivity contribution >= 4 is 5.69 Å². The van der Waals surface area contributed by atoms with E-state index < -0.39 is 0 Å². The minimum Gasteiger partial charge on any atom is -0.494 e. The fourth-order valence-electron chi connectivity index (χ4n) is 1.16. The minimum absolute atomic E-state index is 0.397. The van der Waals surface area contributed by atoms with Gasteiger partial charge < -0.3 is 9.64 Å². The molecule has 0 bridgehead atoms. The molecule has 0 radical (unpaired) electrons. The summed E-state index contributed by atoms with van der Waals surface area (Å²) in [6.07, 6.45) is 0. The summed E-state index contributed by atoms with van der Waals surface area (Å²) in [5.41, 5.74) is 1.02. The predicted octanol–water partition coefficient (Wildman–Crippen LogP) is 2.05. The van der Waals surface area contributed by atoms with Gasteiger partial charge in [0, 0.05) is 12.7 Å². The van der Waals surface area contributed by atoms with Gasteiger partial charge in [0.05, 0.1) is 12.7 Å². The van der Waals surface area contributed by atoms with Crippen molar-refractivity contribution in [2.24, 2.45) is 0 Å². The maximum absolute atomic E-state index is 8.52. The average Bonchev–Trinajstić information content (AvgIpc) is 2.20. The molecule has 3 heteroatoms. The topological polar surface area (TPSA) is 36.3 Å². The minimum atomic E-state index is 0.397. The van der Waals surface area contributed by atoms with E-state index in [1.807, 2.05) is 43.1 Å². The Morgan fingerprint density at radius 2 is 2.00 bits per heavy atom. The fraction of sp³-hybridized carbons (Fsp3) is 0.364. The van der Waals surface area contributed by atoms with Crippen molar-refractivity contribution < 1.29 is 4.74 Å². The molecule has 0 saturated heterocycles. The molecule has 0 aliphatic rings. The first kappa shape index (κ1) is 10.4. The lowest BCUT2D eigenvalue weighted by Gasteiger charge is -2.15. The summed E-state index contributed by atoms with van der Waals surface area (Å²) in [7, 11) is 1.89. The molecule has 0 saturated carbocycles. The molecule has 0 amide bonds. The maximum Gasteiger partial charge on any atom is 0.119 e. The second-order valence-corrected chi connectivity index (χ2v) is 2.94. The largest absolute Gasteiger partial charge is 0.494 e. The molecule has 74 valence electrons. The molecule has 0 atom stereocenters. The van der Waals surface area contributed by atoms with Crippen LogP contribution in [0.1, 0.15) is 6.92 Å². The van der Waals surface area contributed by atoms with Gasteiger partial charge in [0.1, 0.15) is 12.3 Å². The van der Waals surface area contributed by atoms with Gasteiger partial charge in [-0.15, -0.1) is 0 Å². The van der Waals surface area contributed by atoms with Crippen LogP contribution in [-0.2, 0) is 0 Å². The van der Waals surface area contributed by atoms with Crippen LogP contribution in [0.4, 0.5) is 5.69 Å². The smallest absolute Gasteiger partial charge is 0.119 e. The number of ether oxygens (including phenoxy) is 1. The van der Waals surface area contributed by atoms with Gasteiger partial charge in [-0.3, -0.25) is 0 Å². The van der Waals surface area contributed by atoms with Gasteiger partial charge >= 0.3 is 0 Å². The number of rotatable bonds is 4. The van der Waals surface area contributed by atoms with Crippen LogP contribution in [0.25, 0.3) is 0 Å².